The van der Waals surface area contributed by atoms with E-state index in [2.05, 4.69) is 20.6 Å². The third kappa shape index (κ3) is 5.41. The molecule has 0 aliphatic heterocycles. The molecule has 0 aliphatic carbocycles. The Labute approximate surface area is 185 Å². The Balaban J connectivity index is 0.00000280. The number of ether oxygens (including phenoxy) is 1. The average Bonchev–Trinajstić information content (AvgIpc) is 3.16. The molecular weight excluding hydrogens is 367 g/mol. The molecule has 2 N–H and O–H groups in total. The van der Waals surface area contributed by atoms with E-state index in [0.29, 0.717) is 30.8 Å². The zero-order valence-electron chi connectivity index (χ0n) is 15.4. The Kier molecular flexibility index (Phi) is 8.17. The van der Waals surface area contributed by atoms with Gasteiger partial charge in [-0.25, -0.2) is 5.10 Å². The van der Waals surface area contributed by atoms with E-state index in [9.17, 15) is 9.90 Å². The third-order valence-electron chi connectivity index (χ3n) is 4.34. The van der Waals surface area contributed by atoms with Crippen LogP contribution in [0.5, 0.6) is 11.5 Å². The van der Waals surface area contributed by atoms with Gasteiger partial charge in [0.2, 0.25) is 0 Å². The number of nitrogens with one attached hydrogen (secondary N) is 1. The molecule has 0 saturated carbocycles. The predicted molar refractivity (Wildman–Crippen MR) is 107 cm³/mol. The summed E-state index contributed by atoms with van der Waals surface area (Å²) in [6, 6.07) is 11.2. The van der Waals surface area contributed by atoms with Gasteiger partial charge in [-0.1, -0.05) is 31.5 Å². The number of aromatic nitrogens is 4. The fourth-order valence-electron chi connectivity index (χ4n) is 2.94. The fraction of sp³-hybridized carbons (Fsp3) is 0.300. The van der Waals surface area contributed by atoms with Crippen LogP contribution < -0.4 is 4.74 Å². The molecule has 0 saturated heterocycles. The Hall–Kier alpha value is -2.22. The summed E-state index contributed by atoms with van der Waals surface area (Å²) in [6.45, 7) is 3.82. The number of nitrogens with zero attached hydrogens (tertiary/aromatic N) is 3. The number of tetrazole rings is 1. The number of carbonyl (C=O) groups excluding carboxylic acids is 1. The Morgan fingerprint density at radius 2 is 1.93 bits per heavy atom. The van der Waals surface area contributed by atoms with Crippen LogP contribution in [-0.4, -0.2) is 61.1 Å². The van der Waals surface area contributed by atoms with Crippen molar-refractivity contribution in [2.45, 2.75) is 39.7 Å². The van der Waals surface area contributed by atoms with Gasteiger partial charge in [-0.05, 0) is 53.1 Å². The van der Waals surface area contributed by atoms with Gasteiger partial charge in [-0.2, -0.15) is 0 Å². The van der Waals surface area contributed by atoms with Gasteiger partial charge in [-0.15, -0.1) is 5.10 Å². The Morgan fingerprint density at radius 1 is 1.18 bits per heavy atom. The van der Waals surface area contributed by atoms with Crippen LogP contribution in [0.1, 0.15) is 53.1 Å². The van der Waals surface area contributed by atoms with Crippen LogP contribution >= 0.6 is 0 Å². The van der Waals surface area contributed by atoms with Gasteiger partial charge in [0.25, 0.3) is 0 Å². The molecular formula is C20H23N4NaO3. The summed E-state index contributed by atoms with van der Waals surface area (Å²) in [5, 5.41) is 24.2. The number of benzene rings is 2. The number of ketones is 1. The first-order valence-corrected chi connectivity index (χ1v) is 8.87. The van der Waals surface area contributed by atoms with E-state index < -0.39 is 0 Å². The number of Topliss-reactive ketones (excluding diaryl/α,β-unsaturated/α-hetero) is 1. The summed E-state index contributed by atoms with van der Waals surface area (Å²) in [5.74, 6) is 1.36. The molecule has 0 unspecified atom stereocenters. The summed E-state index contributed by atoms with van der Waals surface area (Å²) in [5.41, 5.74) is 3.08. The number of carbonyl (C=O) groups is 1. The van der Waals surface area contributed by atoms with Crippen LogP contribution in [0.2, 0.25) is 0 Å². The molecule has 2 aromatic carbocycles. The second-order valence-corrected chi connectivity index (χ2v) is 6.36. The number of H-pyrrole nitrogens is 1. The first kappa shape index (κ1) is 22.1. The Bertz CT molecular complexity index is 912. The van der Waals surface area contributed by atoms with Crippen molar-refractivity contribution in [3.8, 4) is 11.5 Å². The van der Waals surface area contributed by atoms with Crippen molar-refractivity contribution in [2.24, 2.45) is 0 Å². The van der Waals surface area contributed by atoms with Gasteiger partial charge >= 0.3 is 29.6 Å². The average molecular weight is 390 g/mol. The molecule has 8 heteroatoms. The van der Waals surface area contributed by atoms with Crippen LogP contribution in [0.25, 0.3) is 0 Å². The third-order valence-corrected chi connectivity index (χ3v) is 4.34. The molecule has 28 heavy (non-hydrogen) atoms. The van der Waals surface area contributed by atoms with E-state index in [4.69, 9.17) is 4.74 Å². The summed E-state index contributed by atoms with van der Waals surface area (Å²) in [6.07, 6.45) is 2.18. The van der Waals surface area contributed by atoms with E-state index >= 15 is 0 Å². The molecule has 142 valence electrons. The summed E-state index contributed by atoms with van der Waals surface area (Å²) in [7, 11) is 0. The molecule has 3 aromatic rings. The topological polar surface area (TPSA) is 101 Å². The molecule has 0 spiro atoms. The van der Waals surface area contributed by atoms with Gasteiger partial charge in [-0.3, -0.25) is 4.79 Å². The van der Waals surface area contributed by atoms with Gasteiger partial charge in [0.1, 0.15) is 18.1 Å². The van der Waals surface area contributed by atoms with E-state index in [0.717, 1.165) is 28.9 Å². The van der Waals surface area contributed by atoms with Gasteiger partial charge in [0, 0.05) is 12.0 Å². The van der Waals surface area contributed by atoms with Crippen LogP contribution in [0, 0.1) is 0 Å². The van der Waals surface area contributed by atoms with Crippen molar-refractivity contribution in [1.29, 1.82) is 0 Å². The van der Waals surface area contributed by atoms with Crippen LogP contribution in [0.3, 0.4) is 0 Å². The summed E-state index contributed by atoms with van der Waals surface area (Å²) < 4.78 is 5.88. The van der Waals surface area contributed by atoms with Gasteiger partial charge in [0.05, 0.1) is 5.56 Å². The molecule has 0 atom stereocenters. The standard InChI is InChI=1S/C20H22N4O3.Na.H/c1-3-4-18-15(7-10-17(13(2)25)20(18)26)12-27-16-8-5-14(6-9-16)11-19-21-23-24-22-19;;/h5-10,26H,3-4,11-12H2,1-2H3,(H,21,22,23,24);;. The first-order valence-electron chi connectivity index (χ1n) is 8.87. The van der Waals surface area contributed by atoms with E-state index in [-0.39, 0.29) is 41.1 Å². The van der Waals surface area contributed by atoms with Gasteiger partial charge < -0.3 is 9.84 Å². The molecule has 0 amide bonds. The van der Waals surface area contributed by atoms with E-state index in [1.54, 1.807) is 6.07 Å². The summed E-state index contributed by atoms with van der Waals surface area (Å²) in [4.78, 5) is 11.7. The normalized spacial score (nSPS) is 10.4. The van der Waals surface area contributed by atoms with Crippen molar-refractivity contribution in [1.82, 2.24) is 20.6 Å². The van der Waals surface area contributed by atoms with Gasteiger partial charge in [0.15, 0.2) is 11.6 Å². The van der Waals surface area contributed by atoms with Crippen molar-refractivity contribution in [3.05, 3.63) is 64.5 Å². The number of hydrogen-bond donors (Lipinski definition) is 2. The number of rotatable bonds is 8. The summed E-state index contributed by atoms with van der Waals surface area (Å²) >= 11 is 0. The second-order valence-electron chi connectivity index (χ2n) is 6.36. The minimum absolute atomic E-state index is 0. The number of phenolic OH excluding ortho intramolecular Hbond substituents is 1. The van der Waals surface area contributed by atoms with E-state index in [1.165, 1.54) is 6.92 Å². The number of phenols is 1. The zero-order valence-corrected chi connectivity index (χ0v) is 15.4. The molecule has 0 radical (unpaired) electrons. The van der Waals surface area contributed by atoms with Crippen molar-refractivity contribution in [2.75, 3.05) is 0 Å². The number of aromatic hydroxyl groups is 1. The maximum absolute atomic E-state index is 11.7. The molecule has 1 aromatic heterocycles. The van der Waals surface area contributed by atoms with Crippen molar-refractivity contribution >= 4 is 35.3 Å². The molecule has 0 fully saturated rings. The predicted octanol–water partition coefficient (Wildman–Crippen LogP) is 2.58. The van der Waals surface area contributed by atoms with Crippen molar-refractivity contribution < 1.29 is 14.6 Å². The molecule has 1 heterocycles. The quantitative estimate of drug-likeness (QED) is 0.453. The van der Waals surface area contributed by atoms with E-state index in [1.807, 2.05) is 37.3 Å². The second kappa shape index (κ2) is 10.4. The molecule has 3 rings (SSSR count). The SMILES string of the molecule is CCCc1c(COc2ccc(Cc3nnn[nH]3)cc2)ccc(C(C)=O)c1O.[NaH]. The first-order chi connectivity index (χ1) is 13.1. The van der Waals surface area contributed by atoms with Crippen LogP contribution in [0.4, 0.5) is 0 Å². The van der Waals surface area contributed by atoms with Crippen LogP contribution in [-0.2, 0) is 19.4 Å². The molecule has 0 bridgehead atoms. The maximum atomic E-state index is 11.7. The van der Waals surface area contributed by atoms with Crippen molar-refractivity contribution in [3.63, 3.8) is 0 Å². The monoisotopic (exact) mass is 390 g/mol. The molecule has 0 aliphatic rings. The Morgan fingerprint density at radius 3 is 2.54 bits per heavy atom. The number of aromatic amines is 1. The fourth-order valence-corrected chi connectivity index (χ4v) is 2.94. The number of hydrogen-bond acceptors (Lipinski definition) is 6. The van der Waals surface area contributed by atoms with Crippen LogP contribution in [0.15, 0.2) is 36.4 Å². The zero-order chi connectivity index (χ0) is 19.2. The minimum atomic E-state index is -0.144. The molecule has 7 nitrogen and oxygen atoms in total.